The molecular formula is C30H40O5. The first kappa shape index (κ1) is 22.0. The van der Waals surface area contributed by atoms with Gasteiger partial charge in [-0.25, -0.2) is 0 Å². The number of ether oxygens (including phenoxy) is 3. The minimum Gasteiger partial charge on any atom is -0.361 e. The van der Waals surface area contributed by atoms with Crippen molar-refractivity contribution in [2.24, 2.45) is 34.0 Å². The van der Waals surface area contributed by atoms with Crippen LogP contribution in [0.4, 0.5) is 0 Å². The van der Waals surface area contributed by atoms with Crippen molar-refractivity contribution in [3.05, 3.63) is 11.1 Å². The number of hydrogen-bond acceptors (Lipinski definition) is 5. The van der Waals surface area contributed by atoms with Gasteiger partial charge in [0.25, 0.3) is 0 Å². The Kier molecular flexibility index (Phi) is 3.39. The van der Waals surface area contributed by atoms with Gasteiger partial charge in [-0.3, -0.25) is 9.59 Å². The van der Waals surface area contributed by atoms with Gasteiger partial charge in [-0.1, -0.05) is 39.7 Å². The Morgan fingerprint density at radius 3 is 2.40 bits per heavy atom. The number of allylic oxidation sites excluding steroid dienone is 1. The predicted octanol–water partition coefficient (Wildman–Crippen LogP) is 5.30. The molecule has 190 valence electrons. The fraction of sp³-hybridized carbons (Fsp3) is 0.867. The lowest BCUT2D eigenvalue weighted by Gasteiger charge is -2.60. The molecule has 5 heteroatoms. The lowest BCUT2D eigenvalue weighted by Crippen LogP contribution is -2.74. The molecule has 0 N–H and O–H groups in total. The van der Waals surface area contributed by atoms with E-state index in [2.05, 4.69) is 41.5 Å². The number of epoxide rings is 1. The van der Waals surface area contributed by atoms with Crippen molar-refractivity contribution in [3.8, 4) is 0 Å². The van der Waals surface area contributed by atoms with E-state index < -0.39 is 33.4 Å². The molecule has 0 amide bonds. The van der Waals surface area contributed by atoms with Crippen LogP contribution in [0.1, 0.15) is 99.8 Å². The minimum atomic E-state index is -1.04. The van der Waals surface area contributed by atoms with Crippen LogP contribution < -0.4 is 0 Å². The van der Waals surface area contributed by atoms with Crippen molar-refractivity contribution >= 4 is 11.6 Å². The number of carbonyl (C=O) groups excluding carboxylic acids is 2. The third kappa shape index (κ3) is 1.71. The zero-order chi connectivity index (χ0) is 24.8. The normalized spacial score (nSPS) is 57.7. The summed E-state index contributed by atoms with van der Waals surface area (Å²) < 4.78 is 21.7. The third-order valence-electron chi connectivity index (χ3n) is 13.1. The number of carbonyl (C=O) groups is 2. The van der Waals surface area contributed by atoms with Gasteiger partial charge in [-0.05, 0) is 82.1 Å². The van der Waals surface area contributed by atoms with Gasteiger partial charge in [0.2, 0.25) is 5.79 Å². The Hall–Kier alpha value is -1.04. The molecule has 4 spiro atoms. The number of hydrogen-bond donors (Lipinski definition) is 0. The minimum absolute atomic E-state index is 0.0434. The van der Waals surface area contributed by atoms with Gasteiger partial charge in [-0.2, -0.15) is 0 Å². The van der Waals surface area contributed by atoms with E-state index in [0.717, 1.165) is 44.1 Å². The predicted molar refractivity (Wildman–Crippen MR) is 128 cm³/mol. The van der Waals surface area contributed by atoms with Crippen LogP contribution in [0.25, 0.3) is 0 Å². The van der Waals surface area contributed by atoms with Gasteiger partial charge in [0.1, 0.15) is 5.60 Å². The molecule has 0 aromatic rings. The van der Waals surface area contributed by atoms with Crippen molar-refractivity contribution < 1.29 is 23.8 Å². The molecule has 0 radical (unpaired) electrons. The quantitative estimate of drug-likeness (QED) is 0.477. The molecule has 0 aromatic carbocycles. The van der Waals surface area contributed by atoms with Crippen LogP contribution in [0.15, 0.2) is 11.1 Å². The zero-order valence-electron chi connectivity index (χ0n) is 22.4. The number of rotatable bonds is 1. The van der Waals surface area contributed by atoms with Crippen LogP contribution in [0, 0.1) is 34.0 Å². The van der Waals surface area contributed by atoms with Crippen LogP contribution in [-0.2, 0) is 23.8 Å². The molecule has 0 unspecified atom stereocenters. The molecule has 3 aliphatic heterocycles. The van der Waals surface area contributed by atoms with Crippen molar-refractivity contribution in [2.45, 2.75) is 128 Å². The second kappa shape index (κ2) is 5.40. The molecule has 3 saturated heterocycles. The number of Topliss-reactive ketones (excluding diaryl/α,β-unsaturated/α-hetero) is 2. The Morgan fingerprint density at radius 2 is 1.69 bits per heavy atom. The highest BCUT2D eigenvalue weighted by molar-refractivity contribution is 6.08. The molecule has 35 heavy (non-hydrogen) atoms. The first-order valence-electron chi connectivity index (χ1n) is 14.1. The summed E-state index contributed by atoms with van der Waals surface area (Å²) in [6.07, 6.45) is 7.04. The molecule has 2 bridgehead atoms. The van der Waals surface area contributed by atoms with Crippen LogP contribution in [0.3, 0.4) is 0 Å². The highest BCUT2D eigenvalue weighted by atomic mass is 16.8. The summed E-state index contributed by atoms with van der Waals surface area (Å²) in [5, 5.41) is 0. The fourth-order valence-corrected chi connectivity index (χ4v) is 12.0. The van der Waals surface area contributed by atoms with E-state index in [4.69, 9.17) is 14.2 Å². The Morgan fingerprint density at radius 1 is 0.943 bits per heavy atom. The Balaban J connectivity index is 1.53. The van der Waals surface area contributed by atoms with Crippen molar-refractivity contribution in [3.63, 3.8) is 0 Å². The fourth-order valence-electron chi connectivity index (χ4n) is 12.0. The topological polar surface area (TPSA) is 65.1 Å². The van der Waals surface area contributed by atoms with Gasteiger partial charge >= 0.3 is 0 Å². The maximum atomic E-state index is 15.1. The zero-order valence-corrected chi connectivity index (χ0v) is 22.4. The molecule has 5 aliphatic carbocycles. The molecule has 3 heterocycles. The molecule has 4 saturated carbocycles. The molecule has 7 fully saturated rings. The van der Waals surface area contributed by atoms with Crippen LogP contribution in [0.2, 0.25) is 0 Å². The first-order chi connectivity index (χ1) is 16.2. The first-order valence-corrected chi connectivity index (χ1v) is 14.1. The highest BCUT2D eigenvalue weighted by Gasteiger charge is 3.05. The Labute approximate surface area is 208 Å². The standard InChI is InChI=1S/C30H40O5/c1-16(2)28-22(32)25-12-9-20-23(4,5)10-8-11-26(20)15-27(25)18(17(3)19(31)14-25)13-21-24(6,7)33-30(28,35-28)29(21,27)34-26/h16,20-21H,8-15H2,1-7H3/t20-,21+,25-,26-,27-,28-,29+,30-/m0/s1. The molecule has 8 aliphatic rings. The van der Waals surface area contributed by atoms with E-state index in [9.17, 15) is 4.79 Å². The average molecular weight is 481 g/mol. The summed E-state index contributed by atoms with van der Waals surface area (Å²) in [5.74, 6) is -0.315. The monoisotopic (exact) mass is 480 g/mol. The number of ketones is 2. The van der Waals surface area contributed by atoms with E-state index in [1.165, 1.54) is 12.0 Å². The van der Waals surface area contributed by atoms with E-state index in [0.29, 0.717) is 12.3 Å². The summed E-state index contributed by atoms with van der Waals surface area (Å²) in [6, 6.07) is 0. The lowest BCUT2D eigenvalue weighted by molar-refractivity contribution is -0.258. The molecule has 0 aromatic heterocycles. The van der Waals surface area contributed by atoms with Crippen molar-refractivity contribution in [1.29, 1.82) is 0 Å². The summed E-state index contributed by atoms with van der Waals surface area (Å²) >= 11 is 0. The van der Waals surface area contributed by atoms with Gasteiger partial charge < -0.3 is 14.2 Å². The van der Waals surface area contributed by atoms with E-state index in [-0.39, 0.29) is 34.4 Å². The second-order valence-corrected chi connectivity index (χ2v) is 15.1. The molecule has 8 rings (SSSR count). The third-order valence-corrected chi connectivity index (χ3v) is 13.1. The maximum Gasteiger partial charge on any atom is 0.238 e. The molecule has 8 atom stereocenters. The second-order valence-electron chi connectivity index (χ2n) is 15.1. The van der Waals surface area contributed by atoms with Gasteiger partial charge in [0, 0.05) is 17.8 Å². The maximum absolute atomic E-state index is 15.1. The van der Waals surface area contributed by atoms with Gasteiger partial charge in [-0.15, -0.1) is 0 Å². The highest BCUT2D eigenvalue weighted by Crippen LogP contribution is 2.92. The van der Waals surface area contributed by atoms with Crippen molar-refractivity contribution in [1.82, 2.24) is 0 Å². The summed E-state index contributed by atoms with van der Waals surface area (Å²) in [7, 11) is 0. The SMILES string of the molecule is CC1=C2C[C@@H]3C(C)(C)O[C@]45O[C@@]4(C(C)C)C(=O)[C@]4(CC[C@H]6C(C)(C)CCC[C@]67C[C@]24[C@]35O7)CC1=O. The van der Waals surface area contributed by atoms with E-state index in [1.54, 1.807) is 0 Å². The van der Waals surface area contributed by atoms with Crippen LogP contribution in [-0.4, -0.2) is 39.8 Å². The largest absolute Gasteiger partial charge is 0.361 e. The summed E-state index contributed by atoms with van der Waals surface area (Å²) in [4.78, 5) is 28.9. The summed E-state index contributed by atoms with van der Waals surface area (Å²) in [5.41, 5.74) is -1.49. The van der Waals surface area contributed by atoms with Gasteiger partial charge in [0.05, 0.1) is 16.6 Å². The van der Waals surface area contributed by atoms with Crippen molar-refractivity contribution in [2.75, 3.05) is 0 Å². The molecule has 5 nitrogen and oxygen atoms in total. The van der Waals surface area contributed by atoms with E-state index >= 15 is 4.79 Å². The smallest absolute Gasteiger partial charge is 0.238 e. The average Bonchev–Trinajstić information content (AvgIpc) is 3.17. The van der Waals surface area contributed by atoms with Crippen LogP contribution in [0.5, 0.6) is 0 Å². The van der Waals surface area contributed by atoms with Crippen LogP contribution >= 0.6 is 0 Å². The van der Waals surface area contributed by atoms with E-state index in [1.807, 2.05) is 6.92 Å². The molecular weight excluding hydrogens is 440 g/mol. The van der Waals surface area contributed by atoms with Gasteiger partial charge in [0.15, 0.2) is 17.2 Å². The summed E-state index contributed by atoms with van der Waals surface area (Å²) in [6.45, 7) is 15.4. The Bertz CT molecular complexity index is 1180. The lowest BCUT2D eigenvalue weighted by atomic mass is 9.40.